The van der Waals surface area contributed by atoms with Crippen LogP contribution in [0, 0.1) is 13.8 Å². The van der Waals surface area contributed by atoms with Gasteiger partial charge in [-0.15, -0.1) is 0 Å². The predicted octanol–water partition coefficient (Wildman–Crippen LogP) is 0.567. The Morgan fingerprint density at radius 3 is 2.65 bits per heavy atom. The SMILES string of the molecule is Cc1noc(C)c1CNS(=O)(=O)c1cc(CN)n(C)c1. The summed E-state index contributed by atoms with van der Waals surface area (Å²) in [7, 11) is -1.82. The van der Waals surface area contributed by atoms with Crippen molar-refractivity contribution in [1.29, 1.82) is 0 Å². The Hall–Kier alpha value is -1.64. The van der Waals surface area contributed by atoms with Gasteiger partial charge in [-0.3, -0.25) is 0 Å². The lowest BCUT2D eigenvalue weighted by molar-refractivity contribution is 0.392. The van der Waals surface area contributed by atoms with Crippen LogP contribution in [0.5, 0.6) is 0 Å². The average molecular weight is 298 g/mol. The second kappa shape index (κ2) is 5.39. The highest BCUT2D eigenvalue weighted by Gasteiger charge is 2.19. The van der Waals surface area contributed by atoms with Crippen LogP contribution < -0.4 is 10.5 Å². The molecule has 110 valence electrons. The van der Waals surface area contributed by atoms with Crippen LogP contribution in [-0.4, -0.2) is 18.1 Å². The lowest BCUT2D eigenvalue weighted by Gasteiger charge is -2.04. The van der Waals surface area contributed by atoms with Crippen molar-refractivity contribution in [3.8, 4) is 0 Å². The van der Waals surface area contributed by atoms with Crippen LogP contribution >= 0.6 is 0 Å². The topological polar surface area (TPSA) is 103 Å². The third-order valence-corrected chi connectivity index (χ3v) is 4.59. The Morgan fingerprint density at radius 2 is 2.15 bits per heavy atom. The fourth-order valence-electron chi connectivity index (χ4n) is 1.93. The molecule has 7 nitrogen and oxygen atoms in total. The number of nitrogens with one attached hydrogen (secondary N) is 1. The van der Waals surface area contributed by atoms with Crippen LogP contribution in [0.4, 0.5) is 0 Å². The smallest absolute Gasteiger partial charge is 0.242 e. The summed E-state index contributed by atoms with van der Waals surface area (Å²) in [5.41, 5.74) is 7.73. The molecule has 0 radical (unpaired) electrons. The molecule has 3 N–H and O–H groups in total. The third kappa shape index (κ3) is 2.77. The maximum Gasteiger partial charge on any atom is 0.242 e. The van der Waals surface area contributed by atoms with E-state index in [9.17, 15) is 8.42 Å². The molecule has 0 fully saturated rings. The summed E-state index contributed by atoms with van der Waals surface area (Å²) in [4.78, 5) is 0.201. The monoisotopic (exact) mass is 298 g/mol. The fraction of sp³-hybridized carbons (Fsp3) is 0.417. The Kier molecular flexibility index (Phi) is 3.98. The lowest BCUT2D eigenvalue weighted by Crippen LogP contribution is -2.23. The minimum Gasteiger partial charge on any atom is -0.361 e. The molecule has 2 aromatic rings. The van der Waals surface area contributed by atoms with E-state index in [1.165, 1.54) is 6.20 Å². The number of nitrogens with two attached hydrogens (primary N) is 1. The van der Waals surface area contributed by atoms with Gasteiger partial charge in [0.2, 0.25) is 10.0 Å². The van der Waals surface area contributed by atoms with Gasteiger partial charge in [-0.2, -0.15) is 0 Å². The van der Waals surface area contributed by atoms with Crippen LogP contribution in [-0.2, 0) is 30.2 Å². The Balaban J connectivity index is 2.19. The molecule has 0 saturated heterocycles. The van der Waals surface area contributed by atoms with Crippen molar-refractivity contribution < 1.29 is 12.9 Å². The largest absolute Gasteiger partial charge is 0.361 e. The molecule has 0 amide bonds. The van der Waals surface area contributed by atoms with Gasteiger partial charge in [0, 0.05) is 37.6 Å². The number of aryl methyl sites for hydroxylation is 3. The highest BCUT2D eigenvalue weighted by Crippen LogP contribution is 2.16. The van der Waals surface area contributed by atoms with Gasteiger partial charge in [0.1, 0.15) is 5.76 Å². The molecular formula is C12H18N4O3S. The van der Waals surface area contributed by atoms with Crippen molar-refractivity contribution in [3.05, 3.63) is 35.0 Å². The summed E-state index contributed by atoms with van der Waals surface area (Å²) in [5.74, 6) is 0.612. The first kappa shape index (κ1) is 14.8. The molecule has 2 rings (SSSR count). The van der Waals surface area contributed by atoms with E-state index in [0.717, 1.165) is 11.3 Å². The minimum absolute atomic E-state index is 0.149. The van der Waals surface area contributed by atoms with E-state index in [4.69, 9.17) is 10.3 Å². The molecule has 20 heavy (non-hydrogen) atoms. The molecular weight excluding hydrogens is 280 g/mol. The summed E-state index contributed by atoms with van der Waals surface area (Å²) in [6.45, 7) is 3.96. The van der Waals surface area contributed by atoms with Crippen LogP contribution in [0.2, 0.25) is 0 Å². The van der Waals surface area contributed by atoms with E-state index in [1.807, 2.05) is 0 Å². The van der Waals surface area contributed by atoms with Gasteiger partial charge in [0.05, 0.1) is 10.6 Å². The number of nitrogens with zero attached hydrogens (tertiary/aromatic N) is 2. The van der Waals surface area contributed by atoms with Crippen molar-refractivity contribution in [2.24, 2.45) is 12.8 Å². The van der Waals surface area contributed by atoms with Gasteiger partial charge in [0.25, 0.3) is 0 Å². The summed E-state index contributed by atoms with van der Waals surface area (Å²) in [6, 6.07) is 1.57. The Labute approximate surface area is 117 Å². The molecule has 0 aliphatic heterocycles. The number of hydrogen-bond donors (Lipinski definition) is 2. The van der Waals surface area contributed by atoms with Crippen LogP contribution in [0.25, 0.3) is 0 Å². The summed E-state index contributed by atoms with van der Waals surface area (Å²) in [5, 5.41) is 3.79. The predicted molar refractivity (Wildman–Crippen MR) is 73.3 cm³/mol. The van der Waals surface area contributed by atoms with Gasteiger partial charge >= 0.3 is 0 Å². The normalized spacial score (nSPS) is 12.0. The van der Waals surface area contributed by atoms with E-state index < -0.39 is 10.0 Å². The van der Waals surface area contributed by atoms with Gasteiger partial charge in [0.15, 0.2) is 0 Å². The first-order chi connectivity index (χ1) is 9.35. The number of rotatable bonds is 5. The molecule has 0 bridgehead atoms. The molecule has 0 aliphatic rings. The number of aromatic nitrogens is 2. The third-order valence-electron chi connectivity index (χ3n) is 3.22. The highest BCUT2D eigenvalue weighted by molar-refractivity contribution is 7.89. The zero-order chi connectivity index (χ0) is 14.9. The van der Waals surface area contributed by atoms with Crippen molar-refractivity contribution >= 4 is 10.0 Å². The van der Waals surface area contributed by atoms with Crippen molar-refractivity contribution in [2.45, 2.75) is 31.8 Å². The number of hydrogen-bond acceptors (Lipinski definition) is 5. The minimum atomic E-state index is -3.58. The molecule has 0 atom stereocenters. The van der Waals surface area contributed by atoms with Crippen molar-refractivity contribution in [2.75, 3.05) is 0 Å². The Bertz CT molecular complexity index is 696. The summed E-state index contributed by atoms with van der Waals surface area (Å²) in [6.07, 6.45) is 1.54. The molecule has 0 spiro atoms. The van der Waals surface area contributed by atoms with Crippen LogP contribution in [0.3, 0.4) is 0 Å². The van der Waals surface area contributed by atoms with E-state index in [2.05, 4.69) is 9.88 Å². The molecule has 2 aromatic heterocycles. The second-order valence-electron chi connectivity index (χ2n) is 4.61. The molecule has 2 heterocycles. The van der Waals surface area contributed by atoms with Crippen LogP contribution in [0.1, 0.15) is 22.7 Å². The summed E-state index contributed by atoms with van der Waals surface area (Å²) >= 11 is 0. The standard InChI is InChI=1S/C12H18N4O3S/c1-8-12(9(2)19-15-8)6-14-20(17,18)11-4-10(5-13)16(3)7-11/h4,7,14H,5-6,13H2,1-3H3. The van der Waals surface area contributed by atoms with E-state index in [1.54, 1.807) is 31.5 Å². The zero-order valence-corrected chi connectivity index (χ0v) is 12.5. The lowest BCUT2D eigenvalue weighted by atomic mass is 10.2. The molecule has 0 aliphatic carbocycles. The van der Waals surface area contributed by atoms with Gasteiger partial charge in [-0.25, -0.2) is 13.1 Å². The van der Waals surface area contributed by atoms with Crippen molar-refractivity contribution in [3.63, 3.8) is 0 Å². The Morgan fingerprint density at radius 1 is 1.45 bits per heavy atom. The maximum atomic E-state index is 12.2. The van der Waals surface area contributed by atoms with Crippen molar-refractivity contribution in [1.82, 2.24) is 14.4 Å². The first-order valence-corrected chi connectivity index (χ1v) is 7.60. The maximum absolute atomic E-state index is 12.2. The second-order valence-corrected chi connectivity index (χ2v) is 6.38. The van der Waals surface area contributed by atoms with Crippen LogP contribution in [0.15, 0.2) is 21.7 Å². The molecule has 8 heteroatoms. The molecule has 0 aromatic carbocycles. The quantitative estimate of drug-likeness (QED) is 0.840. The van der Waals surface area contributed by atoms with Gasteiger partial charge in [-0.1, -0.05) is 5.16 Å². The average Bonchev–Trinajstić information content (AvgIpc) is 2.92. The van der Waals surface area contributed by atoms with E-state index >= 15 is 0 Å². The molecule has 0 unspecified atom stereocenters. The van der Waals surface area contributed by atoms with E-state index in [-0.39, 0.29) is 18.0 Å². The zero-order valence-electron chi connectivity index (χ0n) is 11.7. The van der Waals surface area contributed by atoms with E-state index in [0.29, 0.717) is 11.5 Å². The highest BCUT2D eigenvalue weighted by atomic mass is 32.2. The summed E-state index contributed by atoms with van der Waals surface area (Å²) < 4.78 is 33.7. The molecule has 0 saturated carbocycles. The first-order valence-electron chi connectivity index (χ1n) is 6.12. The number of sulfonamides is 1. The van der Waals surface area contributed by atoms with Gasteiger partial charge < -0.3 is 14.8 Å². The fourth-order valence-corrected chi connectivity index (χ4v) is 3.02. The van der Waals surface area contributed by atoms with Gasteiger partial charge in [-0.05, 0) is 19.9 Å².